The van der Waals surface area contributed by atoms with Crippen LogP contribution in [0.25, 0.3) is 0 Å². The monoisotopic (exact) mass is 372 g/mol. The third-order valence-corrected chi connectivity index (χ3v) is 5.18. The van der Waals surface area contributed by atoms with Gasteiger partial charge in [-0.25, -0.2) is 10.9 Å². The van der Waals surface area contributed by atoms with Gasteiger partial charge < -0.3 is 4.42 Å². The third-order valence-electron chi connectivity index (χ3n) is 5.18. The number of nitrogens with zero attached hydrogens (tertiary/aromatic N) is 2. The summed E-state index contributed by atoms with van der Waals surface area (Å²) in [6.07, 6.45) is 8.24. The quantitative estimate of drug-likeness (QED) is 0.785. The molecule has 2 fully saturated rings. The minimum absolute atomic E-state index is 0.0623. The second-order valence-corrected chi connectivity index (χ2v) is 7.80. The molecule has 0 bridgehead atoms. The number of hydrogen-bond acceptors (Lipinski definition) is 5. The molecule has 7 nitrogen and oxygen atoms in total. The van der Waals surface area contributed by atoms with Crippen LogP contribution in [0, 0.1) is 11.8 Å². The Kier molecular flexibility index (Phi) is 6.42. The number of hydrazone groups is 2. The lowest BCUT2D eigenvalue weighted by Gasteiger charge is -2.18. The first kappa shape index (κ1) is 19.3. The van der Waals surface area contributed by atoms with Crippen LogP contribution in [-0.4, -0.2) is 23.2 Å². The van der Waals surface area contributed by atoms with Crippen LogP contribution in [0.5, 0.6) is 0 Å². The molecule has 0 aromatic carbocycles. The van der Waals surface area contributed by atoms with Crippen LogP contribution in [0.3, 0.4) is 0 Å². The number of nitrogens with one attached hydrogen (secondary N) is 2. The van der Waals surface area contributed by atoms with E-state index in [0.29, 0.717) is 11.8 Å². The Morgan fingerprint density at radius 2 is 1.33 bits per heavy atom. The Hall–Kier alpha value is -2.44. The second kappa shape index (κ2) is 8.97. The lowest BCUT2D eigenvalue weighted by atomic mass is 9.89. The van der Waals surface area contributed by atoms with Gasteiger partial charge >= 0.3 is 11.8 Å². The Balaban J connectivity index is 1.54. The molecule has 0 spiro atoms. The van der Waals surface area contributed by atoms with E-state index in [1.807, 2.05) is 0 Å². The van der Waals surface area contributed by atoms with E-state index < -0.39 is 11.8 Å². The minimum Gasteiger partial charge on any atom is -0.446 e. The highest BCUT2D eigenvalue weighted by molar-refractivity contribution is 5.97. The number of carbonyl (C=O) groups excluding carboxylic acids is 2. The fourth-order valence-electron chi connectivity index (χ4n) is 3.68. The smallest absolute Gasteiger partial charge is 0.307 e. The molecule has 2 N–H and O–H groups in total. The summed E-state index contributed by atoms with van der Waals surface area (Å²) in [5.41, 5.74) is 7.06. The van der Waals surface area contributed by atoms with Crippen molar-refractivity contribution in [1.82, 2.24) is 10.9 Å². The topological polar surface area (TPSA) is 96.1 Å². The molecule has 0 radical (unpaired) electrons. The summed E-state index contributed by atoms with van der Waals surface area (Å²) in [6, 6.07) is 2.95. The first-order valence-corrected chi connectivity index (χ1v) is 9.82. The van der Waals surface area contributed by atoms with E-state index >= 15 is 0 Å². The average molecular weight is 372 g/mol. The zero-order valence-corrected chi connectivity index (χ0v) is 16.1. The molecule has 146 valence electrons. The van der Waals surface area contributed by atoms with Gasteiger partial charge in [0.25, 0.3) is 0 Å². The van der Waals surface area contributed by atoms with Crippen molar-refractivity contribution >= 4 is 23.2 Å². The summed E-state index contributed by atoms with van der Waals surface area (Å²) in [6.45, 7) is 4.37. The first-order chi connectivity index (χ1) is 13.0. The van der Waals surface area contributed by atoms with Crippen molar-refractivity contribution in [2.75, 3.05) is 0 Å². The summed E-state index contributed by atoms with van der Waals surface area (Å²) in [7, 11) is 0. The van der Waals surface area contributed by atoms with Gasteiger partial charge in [0.05, 0.1) is 0 Å². The summed E-state index contributed by atoms with van der Waals surface area (Å²) >= 11 is 0. The predicted molar refractivity (Wildman–Crippen MR) is 104 cm³/mol. The minimum atomic E-state index is -0.452. The van der Waals surface area contributed by atoms with Crippen LogP contribution in [0.4, 0.5) is 0 Å². The van der Waals surface area contributed by atoms with Crippen LogP contribution in [-0.2, 0) is 0 Å². The van der Waals surface area contributed by atoms with Crippen LogP contribution >= 0.6 is 0 Å². The van der Waals surface area contributed by atoms with Gasteiger partial charge in [-0.3, -0.25) is 9.59 Å². The van der Waals surface area contributed by atoms with Crippen LogP contribution in [0.15, 0.2) is 26.8 Å². The highest BCUT2D eigenvalue weighted by atomic mass is 16.4. The van der Waals surface area contributed by atoms with Gasteiger partial charge in [0.1, 0.15) is 0 Å². The molecule has 7 heteroatoms. The van der Waals surface area contributed by atoms with Gasteiger partial charge in [-0.05, 0) is 75.3 Å². The molecular formula is C20H28N4O3. The number of hydrogen-bond donors (Lipinski definition) is 2. The standard InChI is InChI=1S/C20H28N4O3/c1-13-5-3-7-15(11-13)21-23-19(25)17-9-10-18(27-17)20(26)24-22-16-8-4-6-14(2)12-16/h9-10,13-14H,3-8,11-12H2,1-2H3,(H,23,25)(H,24,26)/b21-15+,22-16+. The number of carbonyl (C=O) groups is 2. The Labute approximate surface area is 159 Å². The van der Waals surface area contributed by atoms with Gasteiger partial charge in [0, 0.05) is 11.4 Å². The summed E-state index contributed by atoms with van der Waals surface area (Å²) in [4.78, 5) is 24.3. The molecule has 27 heavy (non-hydrogen) atoms. The molecule has 0 aliphatic heterocycles. The zero-order chi connectivity index (χ0) is 19.2. The maximum Gasteiger partial charge on any atom is 0.307 e. The summed E-state index contributed by atoms with van der Waals surface area (Å²) < 4.78 is 5.37. The molecule has 1 aromatic heterocycles. The van der Waals surface area contributed by atoms with Crippen molar-refractivity contribution in [3.63, 3.8) is 0 Å². The van der Waals surface area contributed by atoms with Crippen molar-refractivity contribution in [2.45, 2.75) is 65.2 Å². The zero-order valence-electron chi connectivity index (χ0n) is 16.1. The van der Waals surface area contributed by atoms with Crippen molar-refractivity contribution in [1.29, 1.82) is 0 Å². The normalized spacial score (nSPS) is 26.1. The largest absolute Gasteiger partial charge is 0.446 e. The predicted octanol–water partition coefficient (Wildman–Crippen LogP) is 3.87. The number of furan rings is 1. The molecule has 1 heterocycles. The van der Waals surface area contributed by atoms with E-state index in [4.69, 9.17) is 4.42 Å². The molecule has 2 aliphatic carbocycles. The van der Waals surface area contributed by atoms with Crippen molar-refractivity contribution in [3.05, 3.63) is 23.7 Å². The maximum absolute atomic E-state index is 12.2. The second-order valence-electron chi connectivity index (χ2n) is 7.80. The SMILES string of the molecule is CC1CCC/C(=N\NC(=O)c2ccc(C(=O)N/N=C3\CCCC(C)C3)o2)C1. The van der Waals surface area contributed by atoms with Gasteiger partial charge in [-0.15, -0.1) is 0 Å². The maximum atomic E-state index is 12.2. The molecule has 2 saturated carbocycles. The molecule has 2 aliphatic rings. The van der Waals surface area contributed by atoms with Gasteiger partial charge in [0.15, 0.2) is 11.5 Å². The van der Waals surface area contributed by atoms with Crippen molar-refractivity contribution < 1.29 is 14.0 Å². The van der Waals surface area contributed by atoms with Crippen LogP contribution in [0.2, 0.25) is 0 Å². The van der Waals surface area contributed by atoms with E-state index in [-0.39, 0.29) is 11.5 Å². The highest BCUT2D eigenvalue weighted by Gasteiger charge is 2.18. The molecule has 1 aromatic rings. The van der Waals surface area contributed by atoms with E-state index in [1.54, 1.807) is 0 Å². The summed E-state index contributed by atoms with van der Waals surface area (Å²) in [5, 5.41) is 8.41. The van der Waals surface area contributed by atoms with Crippen molar-refractivity contribution in [2.24, 2.45) is 22.0 Å². The molecule has 3 rings (SSSR count). The van der Waals surface area contributed by atoms with Gasteiger partial charge in [-0.2, -0.15) is 10.2 Å². The summed E-state index contributed by atoms with van der Waals surface area (Å²) in [5.74, 6) is 0.420. The molecule has 2 amide bonds. The van der Waals surface area contributed by atoms with Gasteiger partial charge in [-0.1, -0.05) is 13.8 Å². The Bertz CT molecular complexity index is 690. The lowest BCUT2D eigenvalue weighted by Crippen LogP contribution is -2.22. The molecule has 2 atom stereocenters. The van der Waals surface area contributed by atoms with E-state index in [9.17, 15) is 9.59 Å². The fourth-order valence-corrected chi connectivity index (χ4v) is 3.68. The van der Waals surface area contributed by atoms with E-state index in [0.717, 1.165) is 49.9 Å². The number of amides is 2. The average Bonchev–Trinajstić information content (AvgIpc) is 3.15. The fraction of sp³-hybridized carbons (Fsp3) is 0.600. The van der Waals surface area contributed by atoms with Gasteiger partial charge in [0.2, 0.25) is 0 Å². The van der Waals surface area contributed by atoms with E-state index in [1.165, 1.54) is 25.0 Å². The van der Waals surface area contributed by atoms with E-state index in [2.05, 4.69) is 34.9 Å². The Morgan fingerprint density at radius 1 is 0.889 bits per heavy atom. The lowest BCUT2D eigenvalue weighted by molar-refractivity contribution is 0.0901. The Morgan fingerprint density at radius 3 is 1.74 bits per heavy atom. The van der Waals surface area contributed by atoms with Crippen LogP contribution < -0.4 is 10.9 Å². The van der Waals surface area contributed by atoms with Crippen LogP contribution in [0.1, 0.15) is 86.3 Å². The molecule has 0 saturated heterocycles. The van der Waals surface area contributed by atoms with Crippen molar-refractivity contribution in [3.8, 4) is 0 Å². The molecule has 2 unspecified atom stereocenters. The molecular weight excluding hydrogens is 344 g/mol. The highest BCUT2D eigenvalue weighted by Crippen LogP contribution is 2.22. The third kappa shape index (κ3) is 5.52. The number of rotatable bonds is 4. The first-order valence-electron chi connectivity index (χ1n) is 9.82.